The van der Waals surface area contributed by atoms with Crippen LogP contribution in [-0.4, -0.2) is 36.2 Å². The molecule has 1 heterocycles. The van der Waals surface area contributed by atoms with Gasteiger partial charge in [-0.15, -0.1) is 0 Å². The number of aromatic nitrogens is 2. The molecule has 8 heteroatoms. The number of carboxylic acids is 1. The third-order valence-electron chi connectivity index (χ3n) is 3.16. The molecule has 120 valence electrons. The van der Waals surface area contributed by atoms with Crippen LogP contribution >= 0.6 is 0 Å². The first-order valence-corrected chi connectivity index (χ1v) is 8.34. The van der Waals surface area contributed by atoms with Gasteiger partial charge in [-0.1, -0.05) is 13.8 Å². The number of hydrogen-bond donors (Lipinski definition) is 3. The standard InChI is InChI=1S/C13H23N3O4S/c1-8(2)5-11(6-12(17)18)7-14-21(19,20)13-9(3)15-16-10(13)4/h8,11,14H,5-7H2,1-4H3,(H,15,16)(H,17,18). The summed E-state index contributed by atoms with van der Waals surface area (Å²) in [5.41, 5.74) is 0.872. The van der Waals surface area contributed by atoms with Crippen LogP contribution < -0.4 is 4.72 Å². The SMILES string of the molecule is Cc1n[nH]c(C)c1S(=O)(=O)NCC(CC(=O)O)CC(C)C. The summed E-state index contributed by atoms with van der Waals surface area (Å²) in [4.78, 5) is 11.0. The van der Waals surface area contributed by atoms with E-state index < -0.39 is 16.0 Å². The fourth-order valence-electron chi connectivity index (χ4n) is 2.39. The Morgan fingerprint density at radius 3 is 2.43 bits per heavy atom. The van der Waals surface area contributed by atoms with Gasteiger partial charge in [0.05, 0.1) is 11.4 Å². The summed E-state index contributed by atoms with van der Waals surface area (Å²) in [6, 6.07) is 0. The Morgan fingerprint density at radius 1 is 1.38 bits per heavy atom. The molecule has 0 saturated carbocycles. The molecule has 1 aromatic rings. The normalized spacial score (nSPS) is 13.6. The van der Waals surface area contributed by atoms with Gasteiger partial charge in [0.1, 0.15) is 4.90 Å². The van der Waals surface area contributed by atoms with E-state index in [2.05, 4.69) is 14.9 Å². The van der Waals surface area contributed by atoms with Crippen molar-refractivity contribution in [1.82, 2.24) is 14.9 Å². The van der Waals surface area contributed by atoms with Crippen LogP contribution in [0.3, 0.4) is 0 Å². The van der Waals surface area contributed by atoms with Crippen molar-refractivity contribution >= 4 is 16.0 Å². The average Bonchev–Trinajstić information content (AvgIpc) is 2.65. The van der Waals surface area contributed by atoms with Gasteiger partial charge in [-0.05, 0) is 32.1 Å². The number of hydrogen-bond acceptors (Lipinski definition) is 4. The van der Waals surface area contributed by atoms with Gasteiger partial charge in [0.2, 0.25) is 10.0 Å². The van der Waals surface area contributed by atoms with Gasteiger partial charge < -0.3 is 5.11 Å². The first-order valence-electron chi connectivity index (χ1n) is 6.86. The zero-order valence-electron chi connectivity index (χ0n) is 12.8. The molecule has 3 N–H and O–H groups in total. The van der Waals surface area contributed by atoms with Crippen LogP contribution in [0.1, 0.15) is 38.1 Å². The van der Waals surface area contributed by atoms with Crippen LogP contribution in [0.5, 0.6) is 0 Å². The van der Waals surface area contributed by atoms with Crippen molar-refractivity contribution in [2.24, 2.45) is 11.8 Å². The van der Waals surface area contributed by atoms with E-state index in [-0.39, 0.29) is 23.8 Å². The lowest BCUT2D eigenvalue weighted by molar-refractivity contribution is -0.138. The molecule has 0 radical (unpaired) electrons. The molecular formula is C13H23N3O4S. The number of nitrogens with one attached hydrogen (secondary N) is 2. The Labute approximate surface area is 125 Å². The second kappa shape index (κ2) is 7.04. The van der Waals surface area contributed by atoms with E-state index in [1.54, 1.807) is 13.8 Å². The van der Waals surface area contributed by atoms with Crippen molar-refractivity contribution in [3.8, 4) is 0 Å². The maximum absolute atomic E-state index is 12.3. The third-order valence-corrected chi connectivity index (χ3v) is 4.85. The van der Waals surface area contributed by atoms with E-state index >= 15 is 0 Å². The molecule has 7 nitrogen and oxygen atoms in total. The fraction of sp³-hybridized carbons (Fsp3) is 0.692. The lowest BCUT2D eigenvalue weighted by Gasteiger charge is -2.18. The van der Waals surface area contributed by atoms with Crippen LogP contribution in [0.25, 0.3) is 0 Å². The maximum Gasteiger partial charge on any atom is 0.303 e. The molecule has 0 fully saturated rings. The molecular weight excluding hydrogens is 294 g/mol. The third kappa shape index (κ3) is 5.13. The molecule has 0 aromatic carbocycles. The molecule has 0 amide bonds. The zero-order chi connectivity index (χ0) is 16.2. The van der Waals surface area contributed by atoms with E-state index in [1.165, 1.54) is 0 Å². The van der Waals surface area contributed by atoms with Crippen molar-refractivity contribution in [1.29, 1.82) is 0 Å². The van der Waals surface area contributed by atoms with E-state index in [1.807, 2.05) is 13.8 Å². The second-order valence-corrected chi connectivity index (χ2v) is 7.41. The first kappa shape index (κ1) is 17.6. The summed E-state index contributed by atoms with van der Waals surface area (Å²) >= 11 is 0. The van der Waals surface area contributed by atoms with Gasteiger partial charge in [0, 0.05) is 13.0 Å². The predicted molar refractivity (Wildman–Crippen MR) is 78.4 cm³/mol. The van der Waals surface area contributed by atoms with E-state index in [9.17, 15) is 13.2 Å². The second-order valence-electron chi connectivity index (χ2n) is 5.71. The molecule has 21 heavy (non-hydrogen) atoms. The maximum atomic E-state index is 12.3. The minimum Gasteiger partial charge on any atom is -0.481 e. The number of H-pyrrole nitrogens is 1. The van der Waals surface area contributed by atoms with Crippen LogP contribution in [-0.2, 0) is 14.8 Å². The highest BCUT2D eigenvalue weighted by Crippen LogP contribution is 2.19. The van der Waals surface area contributed by atoms with Crippen molar-refractivity contribution in [3.63, 3.8) is 0 Å². The monoisotopic (exact) mass is 317 g/mol. The van der Waals surface area contributed by atoms with Gasteiger partial charge in [0.15, 0.2) is 0 Å². The van der Waals surface area contributed by atoms with Gasteiger partial charge in [-0.2, -0.15) is 5.10 Å². The van der Waals surface area contributed by atoms with Gasteiger partial charge in [-0.3, -0.25) is 9.89 Å². The van der Waals surface area contributed by atoms with Crippen molar-refractivity contribution in [3.05, 3.63) is 11.4 Å². The minimum absolute atomic E-state index is 0.0515. The number of nitrogens with zero attached hydrogens (tertiary/aromatic N) is 1. The average molecular weight is 317 g/mol. The highest BCUT2D eigenvalue weighted by Gasteiger charge is 2.24. The van der Waals surface area contributed by atoms with Crippen LogP contribution in [0.15, 0.2) is 4.90 Å². The van der Waals surface area contributed by atoms with Crippen molar-refractivity contribution in [2.75, 3.05) is 6.54 Å². The summed E-state index contributed by atoms with van der Waals surface area (Å²) in [6.45, 7) is 7.32. The molecule has 0 spiro atoms. The first-order chi connectivity index (χ1) is 9.63. The summed E-state index contributed by atoms with van der Waals surface area (Å²) in [7, 11) is -3.68. The fourth-order valence-corrected chi connectivity index (χ4v) is 3.87. The molecule has 0 saturated heterocycles. The van der Waals surface area contributed by atoms with Crippen LogP contribution in [0.4, 0.5) is 0 Å². The number of rotatable bonds is 8. The van der Waals surface area contributed by atoms with Crippen molar-refractivity contribution in [2.45, 2.75) is 45.4 Å². The van der Waals surface area contributed by atoms with Gasteiger partial charge in [-0.25, -0.2) is 13.1 Å². The number of aliphatic carboxylic acids is 1. The summed E-state index contributed by atoms with van der Waals surface area (Å²) < 4.78 is 27.1. The molecule has 1 unspecified atom stereocenters. The minimum atomic E-state index is -3.68. The van der Waals surface area contributed by atoms with E-state index in [0.717, 1.165) is 0 Å². The van der Waals surface area contributed by atoms with Gasteiger partial charge in [0.25, 0.3) is 0 Å². The van der Waals surface area contributed by atoms with E-state index in [4.69, 9.17) is 5.11 Å². The number of aryl methyl sites for hydroxylation is 2. The summed E-state index contributed by atoms with van der Waals surface area (Å²) in [5, 5.41) is 15.4. The van der Waals surface area contributed by atoms with Crippen LogP contribution in [0, 0.1) is 25.7 Å². The number of carboxylic acid groups (broad SMARTS) is 1. The van der Waals surface area contributed by atoms with Gasteiger partial charge >= 0.3 is 5.97 Å². The van der Waals surface area contributed by atoms with Crippen LogP contribution in [0.2, 0.25) is 0 Å². The number of aromatic amines is 1. The number of carbonyl (C=O) groups is 1. The van der Waals surface area contributed by atoms with Crippen molar-refractivity contribution < 1.29 is 18.3 Å². The Balaban J connectivity index is 2.81. The van der Waals surface area contributed by atoms with E-state index in [0.29, 0.717) is 23.7 Å². The lowest BCUT2D eigenvalue weighted by atomic mass is 9.94. The molecule has 1 atom stereocenters. The molecule has 1 rings (SSSR count). The smallest absolute Gasteiger partial charge is 0.303 e. The molecule has 1 aromatic heterocycles. The Bertz CT molecular complexity index is 573. The Kier molecular flexibility index (Phi) is 5.91. The molecule has 0 bridgehead atoms. The summed E-state index contributed by atoms with van der Waals surface area (Å²) in [6.07, 6.45) is 0.599. The summed E-state index contributed by atoms with van der Waals surface area (Å²) in [5.74, 6) is -0.850. The number of sulfonamides is 1. The molecule has 0 aliphatic heterocycles. The Morgan fingerprint density at radius 2 is 2.00 bits per heavy atom. The Hall–Kier alpha value is -1.41. The lowest BCUT2D eigenvalue weighted by Crippen LogP contribution is -2.31. The molecule has 0 aliphatic rings. The highest BCUT2D eigenvalue weighted by atomic mass is 32.2. The zero-order valence-corrected chi connectivity index (χ0v) is 13.6. The topological polar surface area (TPSA) is 112 Å². The molecule has 0 aliphatic carbocycles. The largest absolute Gasteiger partial charge is 0.481 e. The highest BCUT2D eigenvalue weighted by molar-refractivity contribution is 7.89. The predicted octanol–water partition coefficient (Wildman–Crippen LogP) is 1.44. The quantitative estimate of drug-likeness (QED) is 0.671.